The number of piperazine rings is 1. The standard InChI is InChI=1S/C15H21N3O6.ClH/c1-22-7-8-24-14-10-12(18(20)21)11(9-13(14)23-2)15(19)17-5-3-16-4-6-17;/h9-10,16H,3-8H2,1-2H3;1H. The first-order valence-electron chi connectivity index (χ1n) is 7.56. The summed E-state index contributed by atoms with van der Waals surface area (Å²) >= 11 is 0. The van der Waals surface area contributed by atoms with Gasteiger partial charge < -0.3 is 24.4 Å². The summed E-state index contributed by atoms with van der Waals surface area (Å²) in [5, 5.41) is 14.5. The number of nitrogens with zero attached hydrogens (tertiary/aromatic N) is 2. The molecule has 0 spiro atoms. The van der Waals surface area contributed by atoms with E-state index in [2.05, 4.69) is 5.32 Å². The molecule has 1 aliphatic rings. The molecule has 9 nitrogen and oxygen atoms in total. The average molecular weight is 376 g/mol. The highest BCUT2D eigenvalue weighted by Crippen LogP contribution is 2.35. The summed E-state index contributed by atoms with van der Waals surface area (Å²) in [5.74, 6) is 0.0956. The summed E-state index contributed by atoms with van der Waals surface area (Å²) in [5.41, 5.74) is -0.301. The van der Waals surface area contributed by atoms with Crippen molar-refractivity contribution in [2.75, 3.05) is 53.6 Å². The highest BCUT2D eigenvalue weighted by Gasteiger charge is 2.28. The molecule has 0 aromatic heterocycles. The van der Waals surface area contributed by atoms with Gasteiger partial charge in [-0.1, -0.05) is 0 Å². The molecule has 25 heavy (non-hydrogen) atoms. The Morgan fingerprint density at radius 2 is 1.92 bits per heavy atom. The van der Waals surface area contributed by atoms with Crippen LogP contribution >= 0.6 is 12.4 Å². The number of methoxy groups -OCH3 is 2. The van der Waals surface area contributed by atoms with Gasteiger partial charge in [-0.2, -0.15) is 0 Å². The Balaban J connectivity index is 0.00000312. The summed E-state index contributed by atoms with van der Waals surface area (Å²) in [4.78, 5) is 25.0. The summed E-state index contributed by atoms with van der Waals surface area (Å²) in [6.45, 7) is 2.88. The number of nitro benzene ring substituents is 1. The largest absolute Gasteiger partial charge is 0.493 e. The zero-order chi connectivity index (χ0) is 17.5. The number of ether oxygens (including phenoxy) is 3. The Hall–Kier alpha value is -2.10. The molecule has 1 saturated heterocycles. The van der Waals surface area contributed by atoms with Gasteiger partial charge in [0.15, 0.2) is 11.5 Å². The van der Waals surface area contributed by atoms with Gasteiger partial charge in [-0.25, -0.2) is 0 Å². The van der Waals surface area contributed by atoms with E-state index in [-0.39, 0.29) is 47.7 Å². The third kappa shape index (κ3) is 5.18. The Kier molecular flexibility index (Phi) is 8.39. The number of halogens is 1. The first kappa shape index (κ1) is 20.9. The van der Waals surface area contributed by atoms with Gasteiger partial charge in [-0.05, 0) is 0 Å². The van der Waals surface area contributed by atoms with Crippen LogP contribution in [0.2, 0.25) is 0 Å². The van der Waals surface area contributed by atoms with Gasteiger partial charge in [0, 0.05) is 39.4 Å². The van der Waals surface area contributed by atoms with Crippen LogP contribution in [0.1, 0.15) is 10.4 Å². The summed E-state index contributed by atoms with van der Waals surface area (Å²) in [7, 11) is 2.95. The smallest absolute Gasteiger partial charge is 0.286 e. The number of benzene rings is 1. The molecular formula is C15H22ClN3O6. The zero-order valence-electron chi connectivity index (χ0n) is 14.1. The zero-order valence-corrected chi connectivity index (χ0v) is 15.0. The maximum Gasteiger partial charge on any atom is 0.286 e. The molecule has 1 fully saturated rings. The fraction of sp³-hybridized carbons (Fsp3) is 0.533. The van der Waals surface area contributed by atoms with Gasteiger partial charge in [0.25, 0.3) is 11.6 Å². The van der Waals surface area contributed by atoms with Gasteiger partial charge in [0.1, 0.15) is 12.2 Å². The SMILES string of the molecule is COCCOc1cc([N+](=O)[O-])c(C(=O)N2CCNCC2)cc1OC.Cl. The molecule has 1 amide bonds. The third-order valence-electron chi connectivity index (χ3n) is 3.66. The molecule has 1 heterocycles. The molecule has 1 aliphatic heterocycles. The molecule has 1 aromatic rings. The second-order valence-electron chi connectivity index (χ2n) is 5.16. The van der Waals surface area contributed by atoms with E-state index in [1.54, 1.807) is 4.90 Å². The van der Waals surface area contributed by atoms with Crippen molar-refractivity contribution >= 4 is 24.0 Å². The highest BCUT2D eigenvalue weighted by molar-refractivity contribution is 5.99. The Morgan fingerprint density at radius 1 is 1.24 bits per heavy atom. The number of rotatable bonds is 7. The van der Waals surface area contributed by atoms with E-state index in [0.717, 1.165) is 0 Å². The minimum atomic E-state index is -0.585. The Labute approximate surface area is 151 Å². The molecule has 0 radical (unpaired) electrons. The topological polar surface area (TPSA) is 103 Å². The van der Waals surface area contributed by atoms with E-state index < -0.39 is 4.92 Å². The van der Waals surface area contributed by atoms with Gasteiger partial charge in [-0.15, -0.1) is 12.4 Å². The van der Waals surface area contributed by atoms with Crippen LogP contribution in [0.25, 0.3) is 0 Å². The lowest BCUT2D eigenvalue weighted by Crippen LogP contribution is -2.46. The van der Waals surface area contributed by atoms with E-state index in [9.17, 15) is 14.9 Å². The molecule has 10 heteroatoms. The fourth-order valence-electron chi connectivity index (χ4n) is 2.42. The maximum atomic E-state index is 12.6. The minimum Gasteiger partial charge on any atom is -0.493 e. The molecule has 0 aliphatic carbocycles. The van der Waals surface area contributed by atoms with E-state index in [4.69, 9.17) is 14.2 Å². The van der Waals surface area contributed by atoms with E-state index >= 15 is 0 Å². The molecule has 1 N–H and O–H groups in total. The number of hydrogen-bond donors (Lipinski definition) is 1. The number of hydrogen-bond acceptors (Lipinski definition) is 7. The fourth-order valence-corrected chi connectivity index (χ4v) is 2.42. The van der Waals surface area contributed by atoms with Crippen LogP contribution in [0.5, 0.6) is 11.5 Å². The first-order valence-corrected chi connectivity index (χ1v) is 7.56. The first-order chi connectivity index (χ1) is 11.6. The average Bonchev–Trinajstić information content (AvgIpc) is 2.61. The quantitative estimate of drug-likeness (QED) is 0.432. The Bertz CT molecular complexity index is 607. The van der Waals surface area contributed by atoms with E-state index in [1.807, 2.05) is 0 Å². The molecule has 140 valence electrons. The van der Waals surface area contributed by atoms with Crippen molar-refractivity contribution in [3.8, 4) is 11.5 Å². The van der Waals surface area contributed by atoms with Crippen LogP contribution in [0.3, 0.4) is 0 Å². The number of nitro groups is 1. The third-order valence-corrected chi connectivity index (χ3v) is 3.66. The van der Waals surface area contributed by atoms with Crippen molar-refractivity contribution < 1.29 is 23.9 Å². The van der Waals surface area contributed by atoms with Gasteiger partial charge >= 0.3 is 0 Å². The van der Waals surface area contributed by atoms with Crippen LogP contribution in [0, 0.1) is 10.1 Å². The minimum absolute atomic E-state index is 0. The molecule has 2 rings (SSSR count). The van der Waals surface area contributed by atoms with Gasteiger partial charge in [0.05, 0.1) is 24.7 Å². The van der Waals surface area contributed by atoms with Gasteiger partial charge in [0.2, 0.25) is 0 Å². The van der Waals surface area contributed by atoms with Crippen molar-refractivity contribution in [2.45, 2.75) is 0 Å². The summed E-state index contributed by atoms with van der Waals surface area (Å²) in [6.07, 6.45) is 0. The van der Waals surface area contributed by atoms with Crippen molar-refractivity contribution in [3.05, 3.63) is 27.8 Å². The normalized spacial score (nSPS) is 13.8. The predicted molar refractivity (Wildman–Crippen MR) is 93.0 cm³/mol. The number of carbonyl (C=O) groups is 1. The molecule has 0 atom stereocenters. The highest BCUT2D eigenvalue weighted by atomic mass is 35.5. The molecule has 0 saturated carbocycles. The number of nitrogens with one attached hydrogen (secondary N) is 1. The second kappa shape index (κ2) is 10.0. The predicted octanol–water partition coefficient (Wildman–Crippen LogP) is 1.10. The summed E-state index contributed by atoms with van der Waals surface area (Å²) < 4.78 is 15.6. The number of carbonyl (C=O) groups excluding carboxylic acids is 1. The lowest BCUT2D eigenvalue weighted by atomic mass is 10.1. The Morgan fingerprint density at radius 3 is 2.48 bits per heavy atom. The molecular weight excluding hydrogens is 354 g/mol. The van der Waals surface area contributed by atoms with Crippen LogP contribution in [-0.2, 0) is 4.74 Å². The van der Waals surface area contributed by atoms with Crippen molar-refractivity contribution in [3.63, 3.8) is 0 Å². The van der Waals surface area contributed by atoms with Crippen molar-refractivity contribution in [1.29, 1.82) is 0 Å². The monoisotopic (exact) mass is 375 g/mol. The van der Waals surface area contributed by atoms with Crippen molar-refractivity contribution in [1.82, 2.24) is 10.2 Å². The lowest BCUT2D eigenvalue weighted by molar-refractivity contribution is -0.385. The van der Waals surface area contributed by atoms with E-state index in [1.165, 1.54) is 26.4 Å². The van der Waals surface area contributed by atoms with Gasteiger partial charge in [-0.3, -0.25) is 14.9 Å². The van der Waals surface area contributed by atoms with Crippen LogP contribution < -0.4 is 14.8 Å². The van der Waals surface area contributed by atoms with Crippen LogP contribution in [0.15, 0.2) is 12.1 Å². The molecule has 1 aromatic carbocycles. The van der Waals surface area contributed by atoms with Crippen LogP contribution in [0.4, 0.5) is 5.69 Å². The van der Waals surface area contributed by atoms with Crippen molar-refractivity contribution in [2.24, 2.45) is 0 Å². The molecule has 0 unspecified atom stereocenters. The van der Waals surface area contributed by atoms with E-state index in [0.29, 0.717) is 32.8 Å². The second-order valence-corrected chi connectivity index (χ2v) is 5.16. The maximum absolute atomic E-state index is 12.6. The summed E-state index contributed by atoms with van der Waals surface area (Å²) in [6, 6.07) is 2.59. The van der Waals surface area contributed by atoms with Crippen LogP contribution in [-0.4, -0.2) is 69.3 Å². The number of amides is 1. The lowest BCUT2D eigenvalue weighted by Gasteiger charge is -2.27. The molecule has 0 bridgehead atoms.